The van der Waals surface area contributed by atoms with Crippen molar-refractivity contribution in [3.63, 3.8) is 0 Å². The Hall–Kier alpha value is -2.15. The van der Waals surface area contributed by atoms with Crippen LogP contribution in [-0.4, -0.2) is 71.6 Å². The maximum atomic E-state index is 13.0. The second-order valence-electron chi connectivity index (χ2n) is 6.63. The molecule has 0 bridgehead atoms. The molecule has 1 heterocycles. The summed E-state index contributed by atoms with van der Waals surface area (Å²) in [6, 6.07) is 5.88. The third-order valence-electron chi connectivity index (χ3n) is 4.62. The van der Waals surface area contributed by atoms with Gasteiger partial charge in [-0.3, -0.25) is 14.5 Å². The molecular formula is C18H26FN3O3. The summed E-state index contributed by atoms with van der Waals surface area (Å²) in [4.78, 5) is 29.3. The first kappa shape index (κ1) is 19.2. The molecule has 7 heteroatoms. The van der Waals surface area contributed by atoms with Crippen molar-refractivity contribution in [2.45, 2.75) is 32.9 Å². The van der Waals surface area contributed by atoms with Crippen molar-refractivity contribution in [1.29, 1.82) is 0 Å². The molecule has 0 saturated carbocycles. The van der Waals surface area contributed by atoms with Gasteiger partial charge in [-0.05, 0) is 45.0 Å². The molecule has 1 aliphatic heterocycles. The lowest BCUT2D eigenvalue weighted by atomic mass is 10.1. The number of carbonyl (C=O) groups is 2. The summed E-state index contributed by atoms with van der Waals surface area (Å²) in [5.74, 6) is -1.42. The largest absolute Gasteiger partial charge is 0.480 e. The molecule has 1 saturated heterocycles. The number of anilines is 1. The number of aliphatic carboxylic acids is 1. The zero-order valence-electron chi connectivity index (χ0n) is 15.0. The summed E-state index contributed by atoms with van der Waals surface area (Å²) in [7, 11) is 0. The third kappa shape index (κ3) is 4.92. The number of nitrogens with zero attached hydrogens (tertiary/aromatic N) is 3. The van der Waals surface area contributed by atoms with Crippen LogP contribution in [0.15, 0.2) is 24.3 Å². The highest BCUT2D eigenvalue weighted by atomic mass is 19.1. The van der Waals surface area contributed by atoms with Crippen LogP contribution < -0.4 is 4.90 Å². The van der Waals surface area contributed by atoms with E-state index in [1.54, 1.807) is 12.1 Å². The van der Waals surface area contributed by atoms with Gasteiger partial charge in [0.25, 0.3) is 0 Å². The second-order valence-corrected chi connectivity index (χ2v) is 6.63. The number of carbonyl (C=O) groups excluding carboxylic acids is 1. The number of amides is 1. The predicted octanol–water partition coefficient (Wildman–Crippen LogP) is 1.66. The Bertz CT molecular complexity index is 598. The van der Waals surface area contributed by atoms with Crippen LogP contribution in [0.3, 0.4) is 0 Å². The van der Waals surface area contributed by atoms with E-state index in [-0.39, 0.29) is 30.4 Å². The molecule has 0 aromatic heterocycles. The zero-order chi connectivity index (χ0) is 18.6. The van der Waals surface area contributed by atoms with E-state index >= 15 is 0 Å². The first-order valence-electron chi connectivity index (χ1n) is 8.56. The van der Waals surface area contributed by atoms with Crippen molar-refractivity contribution in [1.82, 2.24) is 9.80 Å². The Balaban J connectivity index is 1.95. The van der Waals surface area contributed by atoms with Crippen LogP contribution in [0, 0.1) is 5.82 Å². The number of hydrogen-bond acceptors (Lipinski definition) is 4. The monoisotopic (exact) mass is 351 g/mol. The number of carboxylic acid groups (broad SMARTS) is 1. The number of carboxylic acids is 1. The predicted molar refractivity (Wildman–Crippen MR) is 94.1 cm³/mol. The smallest absolute Gasteiger partial charge is 0.323 e. The summed E-state index contributed by atoms with van der Waals surface area (Å²) in [6.07, 6.45) is 0. The van der Waals surface area contributed by atoms with Gasteiger partial charge in [0.15, 0.2) is 0 Å². The van der Waals surface area contributed by atoms with E-state index in [2.05, 4.69) is 9.80 Å². The normalized spacial score (nSPS) is 16.8. The summed E-state index contributed by atoms with van der Waals surface area (Å²) in [6.45, 7) is 8.06. The van der Waals surface area contributed by atoms with Crippen LogP contribution in [0.1, 0.15) is 20.8 Å². The van der Waals surface area contributed by atoms with Gasteiger partial charge in [0, 0.05) is 37.9 Å². The third-order valence-corrected chi connectivity index (χ3v) is 4.62. The van der Waals surface area contributed by atoms with Gasteiger partial charge in [0.1, 0.15) is 12.4 Å². The second kappa shape index (κ2) is 8.29. The first-order valence-corrected chi connectivity index (χ1v) is 8.56. The Labute approximate surface area is 147 Å². The van der Waals surface area contributed by atoms with Crippen molar-refractivity contribution < 1.29 is 19.1 Å². The van der Waals surface area contributed by atoms with Gasteiger partial charge in [-0.25, -0.2) is 4.39 Å². The molecule has 1 aromatic rings. The van der Waals surface area contributed by atoms with Crippen molar-refractivity contribution in [2.24, 2.45) is 0 Å². The number of rotatable bonds is 6. The van der Waals surface area contributed by atoms with E-state index in [1.807, 2.05) is 20.8 Å². The summed E-state index contributed by atoms with van der Waals surface area (Å²) >= 11 is 0. The molecule has 1 amide bonds. The van der Waals surface area contributed by atoms with Gasteiger partial charge in [-0.15, -0.1) is 0 Å². The van der Waals surface area contributed by atoms with Crippen molar-refractivity contribution in [3.05, 3.63) is 30.1 Å². The Morgan fingerprint density at radius 2 is 1.68 bits per heavy atom. The molecule has 2 rings (SSSR count). The molecular weight excluding hydrogens is 325 g/mol. The van der Waals surface area contributed by atoms with Crippen molar-refractivity contribution in [3.8, 4) is 0 Å². The Kier molecular flexibility index (Phi) is 6.36. The standard InChI is InChI=1S/C18H26FN3O3/c1-13(2)22(12-17(23)24)18(25)14(3)20-8-10-21(11-9-20)16-6-4-15(19)5-7-16/h4-7,13-14H,8-12H2,1-3H3,(H,23,24). The fourth-order valence-corrected chi connectivity index (χ4v) is 3.08. The topological polar surface area (TPSA) is 64.1 Å². The lowest BCUT2D eigenvalue weighted by Gasteiger charge is -2.40. The maximum absolute atomic E-state index is 13.0. The average Bonchev–Trinajstić information content (AvgIpc) is 2.59. The highest BCUT2D eigenvalue weighted by molar-refractivity contribution is 5.85. The molecule has 1 atom stereocenters. The fourth-order valence-electron chi connectivity index (χ4n) is 3.08. The van der Waals surface area contributed by atoms with Crippen LogP contribution in [0.25, 0.3) is 0 Å². The van der Waals surface area contributed by atoms with E-state index in [9.17, 15) is 14.0 Å². The molecule has 1 fully saturated rings. The van der Waals surface area contributed by atoms with E-state index in [1.165, 1.54) is 17.0 Å². The van der Waals surface area contributed by atoms with E-state index < -0.39 is 5.97 Å². The van der Waals surface area contributed by atoms with E-state index in [0.29, 0.717) is 13.1 Å². The van der Waals surface area contributed by atoms with E-state index in [4.69, 9.17) is 5.11 Å². The SMILES string of the molecule is CC(C(=O)N(CC(=O)O)C(C)C)N1CCN(c2ccc(F)cc2)CC1. The lowest BCUT2D eigenvalue weighted by molar-refractivity contribution is -0.148. The minimum absolute atomic E-state index is 0.160. The molecule has 6 nitrogen and oxygen atoms in total. The number of piperazine rings is 1. The van der Waals surface area contributed by atoms with Gasteiger partial charge in [-0.1, -0.05) is 0 Å². The summed E-state index contributed by atoms with van der Waals surface area (Å²) in [5, 5.41) is 9.01. The average molecular weight is 351 g/mol. The minimum Gasteiger partial charge on any atom is -0.480 e. The van der Waals surface area contributed by atoms with Crippen LogP contribution in [0.2, 0.25) is 0 Å². The summed E-state index contributed by atoms with van der Waals surface area (Å²) in [5.41, 5.74) is 0.967. The van der Waals surface area contributed by atoms with Gasteiger partial charge >= 0.3 is 5.97 Å². The molecule has 138 valence electrons. The lowest BCUT2D eigenvalue weighted by Crippen LogP contribution is -2.56. The summed E-state index contributed by atoms with van der Waals surface area (Å²) < 4.78 is 13.0. The Morgan fingerprint density at radius 1 is 1.12 bits per heavy atom. The molecule has 0 spiro atoms. The van der Waals surface area contributed by atoms with Crippen LogP contribution in [-0.2, 0) is 9.59 Å². The number of benzene rings is 1. The minimum atomic E-state index is -1.00. The molecule has 0 radical (unpaired) electrons. The molecule has 1 unspecified atom stereocenters. The van der Waals surface area contributed by atoms with Crippen LogP contribution >= 0.6 is 0 Å². The number of hydrogen-bond donors (Lipinski definition) is 1. The van der Waals surface area contributed by atoms with Gasteiger partial charge in [0.05, 0.1) is 6.04 Å². The zero-order valence-corrected chi connectivity index (χ0v) is 15.0. The highest BCUT2D eigenvalue weighted by Crippen LogP contribution is 2.18. The Morgan fingerprint density at radius 3 is 2.16 bits per heavy atom. The molecule has 1 N–H and O–H groups in total. The van der Waals surface area contributed by atoms with Gasteiger partial charge in [-0.2, -0.15) is 0 Å². The molecule has 25 heavy (non-hydrogen) atoms. The fraction of sp³-hybridized carbons (Fsp3) is 0.556. The molecule has 1 aliphatic rings. The van der Waals surface area contributed by atoms with Gasteiger partial charge < -0.3 is 14.9 Å². The van der Waals surface area contributed by atoms with Crippen molar-refractivity contribution in [2.75, 3.05) is 37.6 Å². The van der Waals surface area contributed by atoms with Crippen molar-refractivity contribution >= 4 is 17.6 Å². The first-order chi connectivity index (χ1) is 11.8. The quantitative estimate of drug-likeness (QED) is 0.844. The molecule has 1 aromatic carbocycles. The van der Waals surface area contributed by atoms with Crippen LogP contribution in [0.4, 0.5) is 10.1 Å². The highest BCUT2D eigenvalue weighted by Gasteiger charge is 2.30. The molecule has 0 aliphatic carbocycles. The van der Waals surface area contributed by atoms with Gasteiger partial charge in [0.2, 0.25) is 5.91 Å². The van der Waals surface area contributed by atoms with E-state index in [0.717, 1.165) is 18.8 Å². The van der Waals surface area contributed by atoms with Crippen LogP contribution in [0.5, 0.6) is 0 Å². The maximum Gasteiger partial charge on any atom is 0.323 e. The number of halogens is 1.